The molecule has 0 radical (unpaired) electrons. The molecule has 23 heavy (non-hydrogen) atoms. The van der Waals surface area contributed by atoms with Gasteiger partial charge in [0.25, 0.3) is 0 Å². The second-order valence-electron chi connectivity index (χ2n) is 5.42. The Morgan fingerprint density at radius 1 is 1.30 bits per heavy atom. The van der Waals surface area contributed by atoms with Gasteiger partial charge < -0.3 is 15.8 Å². The SMILES string of the molecule is NC(=O)[C@H](Cc1ccc(C(F)(F)F)cc1)NC(=O)[C@@H]1CCOC1. The smallest absolute Gasteiger partial charge is 0.381 e. The Kier molecular flexibility index (Phi) is 5.25. The van der Waals surface area contributed by atoms with Gasteiger partial charge >= 0.3 is 6.18 Å². The van der Waals surface area contributed by atoms with Crippen LogP contribution in [0.15, 0.2) is 24.3 Å². The van der Waals surface area contributed by atoms with Crippen molar-refractivity contribution in [1.82, 2.24) is 5.32 Å². The Labute approximate surface area is 131 Å². The number of amides is 2. The summed E-state index contributed by atoms with van der Waals surface area (Å²) in [6, 6.07) is 3.42. The molecule has 0 aliphatic carbocycles. The molecule has 1 aliphatic rings. The molecule has 1 saturated heterocycles. The Bertz CT molecular complexity index is 566. The average Bonchev–Trinajstić information content (AvgIpc) is 3.00. The third-order valence-electron chi connectivity index (χ3n) is 3.68. The summed E-state index contributed by atoms with van der Waals surface area (Å²) < 4.78 is 42.6. The molecule has 2 amide bonds. The van der Waals surface area contributed by atoms with E-state index < -0.39 is 23.7 Å². The lowest BCUT2D eigenvalue weighted by Crippen LogP contribution is -2.48. The normalized spacial score (nSPS) is 19.3. The fourth-order valence-corrected chi connectivity index (χ4v) is 2.32. The van der Waals surface area contributed by atoms with Crippen LogP contribution in [0.25, 0.3) is 0 Å². The first-order valence-electron chi connectivity index (χ1n) is 7.11. The molecule has 5 nitrogen and oxygen atoms in total. The highest BCUT2D eigenvalue weighted by molar-refractivity contribution is 5.87. The number of ether oxygens (including phenoxy) is 1. The van der Waals surface area contributed by atoms with Crippen LogP contribution in [0.5, 0.6) is 0 Å². The van der Waals surface area contributed by atoms with Gasteiger partial charge in [-0.3, -0.25) is 9.59 Å². The fourth-order valence-electron chi connectivity index (χ4n) is 2.32. The third-order valence-corrected chi connectivity index (χ3v) is 3.68. The van der Waals surface area contributed by atoms with E-state index in [1.54, 1.807) is 0 Å². The van der Waals surface area contributed by atoms with E-state index >= 15 is 0 Å². The second-order valence-corrected chi connectivity index (χ2v) is 5.42. The minimum Gasteiger partial charge on any atom is -0.381 e. The minimum absolute atomic E-state index is 0.0345. The maximum atomic E-state index is 12.5. The molecule has 126 valence electrons. The van der Waals surface area contributed by atoms with E-state index in [0.717, 1.165) is 12.1 Å². The zero-order valence-corrected chi connectivity index (χ0v) is 12.2. The highest BCUT2D eigenvalue weighted by Gasteiger charge is 2.30. The van der Waals surface area contributed by atoms with Crippen molar-refractivity contribution in [3.63, 3.8) is 0 Å². The minimum atomic E-state index is -4.42. The maximum Gasteiger partial charge on any atom is 0.416 e. The number of primary amides is 1. The number of halogens is 3. The van der Waals surface area contributed by atoms with Crippen LogP contribution in [0.4, 0.5) is 13.2 Å². The van der Waals surface area contributed by atoms with Crippen LogP contribution in [-0.2, 0) is 26.9 Å². The topological polar surface area (TPSA) is 81.4 Å². The van der Waals surface area contributed by atoms with Gasteiger partial charge in [-0.1, -0.05) is 12.1 Å². The Morgan fingerprint density at radius 3 is 2.43 bits per heavy atom. The van der Waals surface area contributed by atoms with Crippen molar-refractivity contribution in [3.8, 4) is 0 Å². The predicted octanol–water partition coefficient (Wildman–Crippen LogP) is 1.25. The number of alkyl halides is 3. The van der Waals surface area contributed by atoms with Gasteiger partial charge in [-0.05, 0) is 24.1 Å². The summed E-state index contributed by atoms with van der Waals surface area (Å²) in [6.07, 6.45) is -3.82. The first-order chi connectivity index (χ1) is 10.8. The van der Waals surface area contributed by atoms with Crippen molar-refractivity contribution in [3.05, 3.63) is 35.4 Å². The molecule has 1 heterocycles. The van der Waals surface area contributed by atoms with Crippen molar-refractivity contribution in [2.24, 2.45) is 11.7 Å². The van der Waals surface area contributed by atoms with Crippen LogP contribution >= 0.6 is 0 Å². The van der Waals surface area contributed by atoms with Crippen molar-refractivity contribution in [2.45, 2.75) is 25.1 Å². The van der Waals surface area contributed by atoms with Crippen molar-refractivity contribution in [1.29, 1.82) is 0 Å². The summed E-state index contributed by atoms with van der Waals surface area (Å²) in [5.41, 5.74) is 4.97. The summed E-state index contributed by atoms with van der Waals surface area (Å²) in [6.45, 7) is 0.774. The summed E-state index contributed by atoms with van der Waals surface area (Å²) in [5.74, 6) is -1.40. The molecule has 8 heteroatoms. The number of rotatable bonds is 5. The molecule has 1 aromatic rings. The van der Waals surface area contributed by atoms with E-state index in [4.69, 9.17) is 10.5 Å². The summed E-state index contributed by atoms with van der Waals surface area (Å²) >= 11 is 0. The number of nitrogens with one attached hydrogen (secondary N) is 1. The number of hydrogen-bond donors (Lipinski definition) is 2. The van der Waals surface area contributed by atoms with Crippen LogP contribution in [0, 0.1) is 5.92 Å². The molecule has 1 aromatic carbocycles. The second kappa shape index (κ2) is 6.99. The lowest BCUT2D eigenvalue weighted by molar-refractivity contribution is -0.137. The Morgan fingerprint density at radius 2 is 1.96 bits per heavy atom. The molecule has 0 spiro atoms. The first-order valence-corrected chi connectivity index (χ1v) is 7.11. The standard InChI is InChI=1S/C15H17F3N2O3/c16-15(17,18)11-3-1-9(2-4-11)7-12(13(19)21)20-14(22)10-5-6-23-8-10/h1-4,10,12H,5-8H2,(H2,19,21)(H,20,22)/t10-,12+/m1/s1. The lowest BCUT2D eigenvalue weighted by atomic mass is 10.0. The predicted molar refractivity (Wildman–Crippen MR) is 75.2 cm³/mol. The van der Waals surface area contributed by atoms with Gasteiger partial charge in [0.05, 0.1) is 18.1 Å². The van der Waals surface area contributed by atoms with E-state index in [1.165, 1.54) is 12.1 Å². The van der Waals surface area contributed by atoms with Crippen molar-refractivity contribution >= 4 is 11.8 Å². The fraction of sp³-hybridized carbons (Fsp3) is 0.467. The van der Waals surface area contributed by atoms with Gasteiger partial charge in [-0.25, -0.2) is 0 Å². The number of hydrogen-bond acceptors (Lipinski definition) is 3. The highest BCUT2D eigenvalue weighted by Crippen LogP contribution is 2.29. The van der Waals surface area contributed by atoms with Crippen LogP contribution in [-0.4, -0.2) is 31.1 Å². The Hall–Kier alpha value is -2.09. The maximum absolute atomic E-state index is 12.5. The first kappa shape index (κ1) is 17.3. The zero-order valence-electron chi connectivity index (χ0n) is 12.2. The van der Waals surface area contributed by atoms with Gasteiger partial charge in [0.15, 0.2) is 0 Å². The molecule has 2 atom stereocenters. The highest BCUT2D eigenvalue weighted by atomic mass is 19.4. The molecular formula is C15H17F3N2O3. The van der Waals surface area contributed by atoms with Crippen molar-refractivity contribution in [2.75, 3.05) is 13.2 Å². The summed E-state index contributed by atoms with van der Waals surface area (Å²) in [4.78, 5) is 23.5. The quantitative estimate of drug-likeness (QED) is 0.853. The van der Waals surface area contributed by atoms with Gasteiger partial charge in [0, 0.05) is 13.0 Å². The van der Waals surface area contributed by atoms with E-state index in [-0.39, 0.29) is 24.9 Å². The van der Waals surface area contributed by atoms with Gasteiger partial charge in [0.1, 0.15) is 6.04 Å². The lowest BCUT2D eigenvalue weighted by Gasteiger charge is -2.18. The third kappa shape index (κ3) is 4.69. The Balaban J connectivity index is 2.01. The monoisotopic (exact) mass is 330 g/mol. The summed E-state index contributed by atoms with van der Waals surface area (Å²) in [7, 11) is 0. The molecule has 1 fully saturated rings. The molecule has 0 aromatic heterocycles. The van der Waals surface area contributed by atoms with Crippen LogP contribution in [0.2, 0.25) is 0 Å². The summed E-state index contributed by atoms with van der Waals surface area (Å²) in [5, 5.41) is 2.54. The van der Waals surface area contributed by atoms with Gasteiger partial charge in [0.2, 0.25) is 11.8 Å². The van der Waals surface area contributed by atoms with Crippen LogP contribution < -0.4 is 11.1 Å². The molecule has 2 rings (SSSR count). The number of benzene rings is 1. The van der Waals surface area contributed by atoms with Gasteiger partial charge in [-0.15, -0.1) is 0 Å². The molecular weight excluding hydrogens is 313 g/mol. The number of carbonyl (C=O) groups excluding carboxylic acids is 2. The van der Waals surface area contributed by atoms with Gasteiger partial charge in [-0.2, -0.15) is 13.2 Å². The van der Waals surface area contributed by atoms with Crippen LogP contribution in [0.1, 0.15) is 17.5 Å². The number of carbonyl (C=O) groups is 2. The largest absolute Gasteiger partial charge is 0.416 e. The molecule has 0 saturated carbocycles. The number of nitrogens with two attached hydrogens (primary N) is 1. The van der Waals surface area contributed by atoms with E-state index in [1.807, 2.05) is 0 Å². The molecule has 0 bridgehead atoms. The van der Waals surface area contributed by atoms with Crippen molar-refractivity contribution < 1.29 is 27.5 Å². The average molecular weight is 330 g/mol. The molecule has 1 aliphatic heterocycles. The zero-order chi connectivity index (χ0) is 17.0. The van der Waals surface area contributed by atoms with E-state index in [2.05, 4.69) is 5.32 Å². The van der Waals surface area contributed by atoms with Crippen LogP contribution in [0.3, 0.4) is 0 Å². The molecule has 3 N–H and O–H groups in total. The molecule has 0 unspecified atom stereocenters. The van der Waals surface area contributed by atoms with E-state index in [0.29, 0.717) is 18.6 Å². The van der Waals surface area contributed by atoms with E-state index in [9.17, 15) is 22.8 Å².